The first-order valence-corrected chi connectivity index (χ1v) is 5.88. The minimum absolute atomic E-state index is 0.750. The lowest BCUT2D eigenvalue weighted by atomic mass is 10.1. The van der Waals surface area contributed by atoms with Gasteiger partial charge in [0.25, 0.3) is 0 Å². The second-order valence-electron chi connectivity index (χ2n) is 2.66. The van der Waals surface area contributed by atoms with Crippen molar-refractivity contribution in [2.24, 2.45) is 0 Å². The van der Waals surface area contributed by atoms with Gasteiger partial charge in [0.2, 0.25) is 0 Å². The van der Waals surface area contributed by atoms with Gasteiger partial charge in [-0.15, -0.1) is 0 Å². The van der Waals surface area contributed by atoms with E-state index in [4.69, 9.17) is 34.4 Å². The van der Waals surface area contributed by atoms with Crippen molar-refractivity contribution in [3.63, 3.8) is 0 Å². The van der Waals surface area contributed by atoms with E-state index in [1.807, 2.05) is 0 Å². The van der Waals surface area contributed by atoms with Crippen molar-refractivity contribution in [1.29, 1.82) is 0 Å². The molecule has 0 saturated carbocycles. The molecule has 0 fully saturated rings. The summed E-state index contributed by atoms with van der Waals surface area (Å²) in [6.45, 7) is 4.51. The fraction of sp³-hybridized carbons (Fsp3) is 1.00. The van der Waals surface area contributed by atoms with E-state index in [1.165, 1.54) is 38.5 Å². The van der Waals surface area contributed by atoms with Gasteiger partial charge in [0.1, 0.15) is 0 Å². The van der Waals surface area contributed by atoms with E-state index in [9.17, 15) is 0 Å². The molecule has 0 aliphatic rings. The molecule has 0 radical (unpaired) electrons. The maximum absolute atomic E-state index is 4.81. The SMILES string of the molecule is CCCCCCCC.ClB(Cl)Cl. The summed E-state index contributed by atoms with van der Waals surface area (Å²) in [4.78, 5) is -0.750. The van der Waals surface area contributed by atoms with E-state index in [-0.39, 0.29) is 0 Å². The van der Waals surface area contributed by atoms with Gasteiger partial charge in [-0.05, 0) is 0 Å². The molecule has 0 aromatic rings. The highest BCUT2D eigenvalue weighted by atomic mass is 35.6. The Morgan fingerprint density at radius 1 is 0.750 bits per heavy atom. The predicted octanol–water partition coefficient (Wildman–Crippen LogP) is 5.05. The van der Waals surface area contributed by atoms with Crippen LogP contribution in [0.5, 0.6) is 0 Å². The molecule has 0 spiro atoms. The summed E-state index contributed by atoms with van der Waals surface area (Å²) in [5, 5.41) is 0. The van der Waals surface area contributed by atoms with E-state index in [2.05, 4.69) is 13.8 Å². The summed E-state index contributed by atoms with van der Waals surface area (Å²) >= 11 is 14.4. The molecule has 0 N–H and O–H groups in total. The first-order valence-electron chi connectivity index (χ1n) is 4.57. The maximum atomic E-state index is 4.81. The highest BCUT2D eigenvalue weighted by Crippen LogP contribution is 2.03. The van der Waals surface area contributed by atoms with Gasteiger partial charge in [-0.1, -0.05) is 52.4 Å². The Balaban J connectivity index is 0. The number of hydrogen-bond acceptors (Lipinski definition) is 0. The van der Waals surface area contributed by atoms with Gasteiger partial charge in [0, 0.05) is 0 Å². The molecule has 0 rings (SSSR count). The molecule has 0 bridgehead atoms. The van der Waals surface area contributed by atoms with Crippen LogP contribution in [0.1, 0.15) is 52.4 Å². The van der Waals surface area contributed by atoms with Crippen LogP contribution >= 0.6 is 34.4 Å². The third-order valence-corrected chi connectivity index (χ3v) is 1.46. The van der Waals surface area contributed by atoms with Crippen LogP contribution < -0.4 is 0 Å². The van der Waals surface area contributed by atoms with Gasteiger partial charge < -0.3 is 0 Å². The highest BCUT2D eigenvalue weighted by molar-refractivity contribution is 7.54. The molecule has 4 heteroatoms. The Kier molecular flexibility index (Phi) is 18.6. The molecule has 0 aromatic carbocycles. The smallest absolute Gasteiger partial charge is 0.150 e. The van der Waals surface area contributed by atoms with Crippen LogP contribution in [0.15, 0.2) is 0 Å². The Hall–Kier alpha value is 0.935. The van der Waals surface area contributed by atoms with Crippen molar-refractivity contribution in [2.75, 3.05) is 0 Å². The summed E-state index contributed by atoms with van der Waals surface area (Å²) < 4.78 is 0. The van der Waals surface area contributed by atoms with Crippen molar-refractivity contribution in [1.82, 2.24) is 0 Å². The second-order valence-corrected chi connectivity index (χ2v) is 4.64. The van der Waals surface area contributed by atoms with E-state index in [0.29, 0.717) is 0 Å². The molecule has 0 aliphatic carbocycles. The number of halogens is 3. The Morgan fingerprint density at radius 3 is 1.17 bits per heavy atom. The minimum Gasteiger partial charge on any atom is -0.150 e. The number of rotatable bonds is 5. The molecule has 0 heterocycles. The molecule has 12 heavy (non-hydrogen) atoms. The van der Waals surface area contributed by atoms with Crippen molar-refractivity contribution in [3.8, 4) is 0 Å². The largest absolute Gasteiger partial charge is 0.450 e. The van der Waals surface area contributed by atoms with Gasteiger partial charge in [0.05, 0.1) is 0 Å². The van der Waals surface area contributed by atoms with Crippen molar-refractivity contribution in [2.45, 2.75) is 52.4 Å². The van der Waals surface area contributed by atoms with Gasteiger partial charge in [-0.2, -0.15) is 34.4 Å². The van der Waals surface area contributed by atoms with Crippen molar-refractivity contribution < 1.29 is 0 Å². The Bertz CT molecular complexity index is 60.6. The van der Waals surface area contributed by atoms with Gasteiger partial charge in [-0.3, -0.25) is 0 Å². The van der Waals surface area contributed by atoms with E-state index in [0.717, 1.165) is 0 Å². The predicted molar refractivity (Wildman–Crippen MR) is 62.4 cm³/mol. The topological polar surface area (TPSA) is 0 Å². The zero-order valence-corrected chi connectivity index (χ0v) is 10.2. The van der Waals surface area contributed by atoms with Gasteiger partial charge in [0.15, 0.2) is 0 Å². The molecule has 0 saturated heterocycles. The van der Waals surface area contributed by atoms with Crippen LogP contribution in [0.3, 0.4) is 0 Å². The average molecular weight is 231 g/mol. The molecule has 0 aromatic heterocycles. The van der Waals surface area contributed by atoms with Crippen LogP contribution in [0.25, 0.3) is 0 Å². The third-order valence-electron chi connectivity index (χ3n) is 1.46. The third kappa shape index (κ3) is 30.6. The van der Waals surface area contributed by atoms with Crippen molar-refractivity contribution in [3.05, 3.63) is 0 Å². The van der Waals surface area contributed by atoms with E-state index < -0.39 is 4.96 Å². The fourth-order valence-corrected chi connectivity index (χ4v) is 0.854. The first kappa shape index (κ1) is 15.4. The van der Waals surface area contributed by atoms with Crippen LogP contribution in [-0.4, -0.2) is 4.96 Å². The second kappa shape index (κ2) is 14.5. The molecule has 0 unspecified atom stereocenters. The normalized spacial score (nSPS) is 8.75. The highest BCUT2D eigenvalue weighted by Gasteiger charge is 1.91. The molecule has 0 atom stereocenters. The molecule has 0 nitrogen and oxygen atoms in total. The summed E-state index contributed by atoms with van der Waals surface area (Å²) in [5.41, 5.74) is 0. The lowest BCUT2D eigenvalue weighted by Crippen LogP contribution is -1.73. The lowest BCUT2D eigenvalue weighted by Gasteiger charge is -1.93. The first-order chi connectivity index (χ1) is 5.65. The zero-order valence-electron chi connectivity index (χ0n) is 7.95. The minimum atomic E-state index is -0.750. The molecular formula is C8H18BCl3. The monoisotopic (exact) mass is 230 g/mol. The van der Waals surface area contributed by atoms with Crippen LogP contribution in [0, 0.1) is 0 Å². The molecule has 74 valence electrons. The molecule has 0 aliphatic heterocycles. The van der Waals surface area contributed by atoms with Crippen molar-refractivity contribution >= 4 is 39.3 Å². The average Bonchev–Trinajstić information content (AvgIpc) is 1.97. The summed E-state index contributed by atoms with van der Waals surface area (Å²) in [6.07, 6.45) is 8.49. The molecule has 0 amide bonds. The lowest BCUT2D eigenvalue weighted by molar-refractivity contribution is 0.624. The van der Waals surface area contributed by atoms with Gasteiger partial charge in [-0.25, -0.2) is 0 Å². The standard InChI is InChI=1S/C8H18.BCl3/c1-3-5-7-8-6-4-2;2-1(3)4/h3-8H2,1-2H3;. The summed E-state index contributed by atoms with van der Waals surface area (Å²) in [7, 11) is 0. The van der Waals surface area contributed by atoms with Crippen LogP contribution in [0.4, 0.5) is 0 Å². The number of unbranched alkanes of at least 4 members (excludes halogenated alkanes) is 5. The maximum Gasteiger partial charge on any atom is 0.450 e. The van der Waals surface area contributed by atoms with Gasteiger partial charge >= 0.3 is 4.96 Å². The quantitative estimate of drug-likeness (QED) is 0.458. The summed E-state index contributed by atoms with van der Waals surface area (Å²) in [5.74, 6) is 0. The molecular weight excluding hydrogens is 213 g/mol. The fourth-order valence-electron chi connectivity index (χ4n) is 0.854. The Morgan fingerprint density at radius 2 is 1.00 bits per heavy atom. The van der Waals surface area contributed by atoms with E-state index in [1.54, 1.807) is 0 Å². The van der Waals surface area contributed by atoms with E-state index >= 15 is 0 Å². The number of hydrogen-bond donors (Lipinski definition) is 0. The zero-order chi connectivity index (χ0) is 9.82. The van der Waals surface area contributed by atoms with Crippen LogP contribution in [-0.2, 0) is 0 Å². The van der Waals surface area contributed by atoms with Crippen LogP contribution in [0.2, 0.25) is 0 Å². The summed E-state index contributed by atoms with van der Waals surface area (Å²) in [6, 6.07) is 0. The Labute approximate surface area is 91.8 Å².